The van der Waals surface area contributed by atoms with Crippen molar-refractivity contribution in [2.75, 3.05) is 6.61 Å². The van der Waals surface area contributed by atoms with Gasteiger partial charge in [0.25, 0.3) is 5.56 Å². The van der Waals surface area contributed by atoms with Gasteiger partial charge in [-0.25, -0.2) is 8.78 Å². The van der Waals surface area contributed by atoms with E-state index in [1.54, 1.807) is 29.0 Å². The van der Waals surface area contributed by atoms with E-state index in [0.29, 0.717) is 64.9 Å². The fourth-order valence-electron chi connectivity index (χ4n) is 5.12. The van der Waals surface area contributed by atoms with E-state index in [0.717, 1.165) is 5.56 Å². The van der Waals surface area contributed by atoms with Gasteiger partial charge < -0.3 is 19.4 Å². The monoisotopic (exact) mass is 473 g/mol. The number of nitrogens with one attached hydrogen (secondary N) is 1. The quantitative estimate of drug-likeness (QED) is 0.388. The minimum absolute atomic E-state index is 0.0203. The maximum Gasteiger partial charge on any atom is 0.255 e. The smallest absolute Gasteiger partial charge is 0.255 e. The second kappa shape index (κ2) is 7.94. The van der Waals surface area contributed by atoms with Crippen LogP contribution in [0.3, 0.4) is 0 Å². The van der Waals surface area contributed by atoms with Crippen molar-refractivity contribution in [1.82, 2.24) is 9.55 Å². The Morgan fingerprint density at radius 2 is 2.11 bits per heavy atom. The third kappa shape index (κ3) is 3.28. The van der Waals surface area contributed by atoms with Crippen molar-refractivity contribution < 1.29 is 18.6 Å². The standard InChI is InChI=1S/C27H21F2N3O3/c1-14(33)25-23(18-4-2-7-31-27(18)34)24-22(12-20(29)17-5-3-9-35-26(17)24)32(25)13-16-10-15-6-8-30-21(15)11-19(16)28/h2,4,7-8,10-12,33H,1,3,5-6,9,13H2,(H,31,34). The van der Waals surface area contributed by atoms with Crippen molar-refractivity contribution in [1.29, 1.82) is 0 Å². The van der Waals surface area contributed by atoms with E-state index in [1.165, 1.54) is 18.3 Å². The summed E-state index contributed by atoms with van der Waals surface area (Å²) in [5.74, 6) is -0.895. The fraction of sp³-hybridized carbons (Fsp3) is 0.185. The molecule has 8 heteroatoms. The van der Waals surface area contributed by atoms with Gasteiger partial charge in [0, 0.05) is 47.2 Å². The number of rotatable bonds is 4. The Morgan fingerprint density at radius 1 is 1.26 bits per heavy atom. The summed E-state index contributed by atoms with van der Waals surface area (Å²) in [6.45, 7) is 4.11. The lowest BCUT2D eigenvalue weighted by Crippen LogP contribution is -2.11. The van der Waals surface area contributed by atoms with E-state index in [2.05, 4.69) is 16.6 Å². The first-order valence-corrected chi connectivity index (χ1v) is 11.3. The maximum atomic E-state index is 15.3. The Labute approximate surface area is 198 Å². The Bertz CT molecular complexity index is 1630. The van der Waals surface area contributed by atoms with E-state index in [9.17, 15) is 9.90 Å². The Morgan fingerprint density at radius 3 is 2.91 bits per heavy atom. The molecule has 2 aliphatic heterocycles. The first-order valence-electron chi connectivity index (χ1n) is 11.3. The maximum absolute atomic E-state index is 15.3. The van der Waals surface area contributed by atoms with Gasteiger partial charge in [0.2, 0.25) is 0 Å². The van der Waals surface area contributed by atoms with Crippen LogP contribution < -0.4 is 10.3 Å². The van der Waals surface area contributed by atoms with Crippen molar-refractivity contribution >= 4 is 28.6 Å². The Balaban J connectivity index is 1.70. The van der Waals surface area contributed by atoms with Crippen molar-refractivity contribution in [3.63, 3.8) is 0 Å². The van der Waals surface area contributed by atoms with Gasteiger partial charge >= 0.3 is 0 Å². The van der Waals surface area contributed by atoms with E-state index in [4.69, 9.17) is 4.74 Å². The summed E-state index contributed by atoms with van der Waals surface area (Å²) in [5, 5.41) is 11.2. The van der Waals surface area contributed by atoms with Crippen LogP contribution >= 0.6 is 0 Å². The molecule has 0 amide bonds. The van der Waals surface area contributed by atoms with Gasteiger partial charge in [0.1, 0.15) is 23.1 Å². The van der Waals surface area contributed by atoms with Gasteiger partial charge in [-0.1, -0.05) is 6.58 Å². The van der Waals surface area contributed by atoms with Gasteiger partial charge in [-0.15, -0.1) is 0 Å². The van der Waals surface area contributed by atoms with Crippen molar-refractivity contribution in [3.8, 4) is 16.9 Å². The molecule has 2 N–H and O–H groups in total. The van der Waals surface area contributed by atoms with E-state index >= 15 is 8.78 Å². The van der Waals surface area contributed by atoms with Crippen LogP contribution in [0.5, 0.6) is 5.75 Å². The molecule has 6 nitrogen and oxygen atoms in total. The average molecular weight is 473 g/mol. The molecule has 6 rings (SSSR count). The molecule has 0 fully saturated rings. The molecule has 0 saturated heterocycles. The number of nitrogens with zero attached hydrogens (tertiary/aromatic N) is 2. The summed E-state index contributed by atoms with van der Waals surface area (Å²) in [5.41, 5.74) is 3.08. The van der Waals surface area contributed by atoms with Gasteiger partial charge in [-0.05, 0) is 42.7 Å². The number of pyridine rings is 1. The highest BCUT2D eigenvalue weighted by molar-refractivity contribution is 6.06. The summed E-state index contributed by atoms with van der Waals surface area (Å²) < 4.78 is 37.9. The van der Waals surface area contributed by atoms with Gasteiger partial charge in [-0.2, -0.15) is 0 Å². The van der Waals surface area contributed by atoms with Crippen LogP contribution in [0.4, 0.5) is 14.5 Å². The van der Waals surface area contributed by atoms with Crippen LogP contribution in [0.15, 0.2) is 52.9 Å². The number of hydrogen-bond acceptors (Lipinski definition) is 4. The number of aliphatic hydroxyl groups is 1. The first-order chi connectivity index (χ1) is 16.9. The number of halogens is 2. The van der Waals surface area contributed by atoms with Crippen LogP contribution in [-0.4, -0.2) is 27.5 Å². The molecule has 0 radical (unpaired) electrons. The SMILES string of the molecule is C=C(O)c1c(-c2ccc[nH]c2=O)c2c3c(c(F)cc2n1Cc1cc2c(cc1F)N=CC2)CCCO3. The number of aliphatic imine (C=N–C) groups is 1. The van der Waals surface area contributed by atoms with Crippen molar-refractivity contribution in [2.45, 2.75) is 25.8 Å². The van der Waals surface area contributed by atoms with Crippen LogP contribution in [0.2, 0.25) is 0 Å². The molecule has 0 aliphatic carbocycles. The van der Waals surface area contributed by atoms with Crippen molar-refractivity contribution in [2.24, 2.45) is 4.99 Å². The van der Waals surface area contributed by atoms with Crippen LogP contribution in [0, 0.1) is 11.6 Å². The molecule has 0 saturated carbocycles. The highest BCUT2D eigenvalue weighted by Gasteiger charge is 2.30. The predicted molar refractivity (Wildman–Crippen MR) is 131 cm³/mol. The summed E-state index contributed by atoms with van der Waals surface area (Å²) in [7, 11) is 0. The van der Waals surface area contributed by atoms with E-state index in [-0.39, 0.29) is 29.1 Å². The summed E-state index contributed by atoms with van der Waals surface area (Å²) in [4.78, 5) is 19.7. The number of hydrogen-bond donors (Lipinski definition) is 2. The van der Waals surface area contributed by atoms with E-state index in [1.807, 2.05) is 0 Å². The lowest BCUT2D eigenvalue weighted by atomic mass is 9.97. The molecule has 4 heterocycles. The summed E-state index contributed by atoms with van der Waals surface area (Å²) in [6.07, 6.45) is 4.97. The third-order valence-corrected chi connectivity index (χ3v) is 6.65. The van der Waals surface area contributed by atoms with Gasteiger partial charge in [-0.3, -0.25) is 9.79 Å². The van der Waals surface area contributed by atoms with Crippen molar-refractivity contribution in [3.05, 3.63) is 87.5 Å². The summed E-state index contributed by atoms with van der Waals surface area (Å²) >= 11 is 0. The number of aromatic amines is 1. The predicted octanol–water partition coefficient (Wildman–Crippen LogP) is 5.44. The molecule has 2 aromatic carbocycles. The minimum Gasteiger partial charge on any atom is -0.506 e. The molecule has 0 spiro atoms. The number of benzene rings is 2. The van der Waals surface area contributed by atoms with Crippen LogP contribution in [0.1, 0.15) is 28.8 Å². The molecule has 2 aliphatic rings. The zero-order valence-electron chi connectivity index (χ0n) is 18.7. The second-order valence-corrected chi connectivity index (χ2v) is 8.77. The number of aromatic nitrogens is 2. The highest BCUT2D eigenvalue weighted by Crippen LogP contribution is 2.45. The number of fused-ring (bicyclic) bond motifs is 4. The Hall–Kier alpha value is -4.20. The molecule has 0 unspecified atom stereocenters. The Kier molecular flexibility index (Phi) is 4.84. The third-order valence-electron chi connectivity index (χ3n) is 6.65. The summed E-state index contributed by atoms with van der Waals surface area (Å²) in [6, 6.07) is 7.76. The lowest BCUT2D eigenvalue weighted by molar-refractivity contribution is 0.288. The largest absolute Gasteiger partial charge is 0.506 e. The van der Waals surface area contributed by atoms with Crippen LogP contribution in [-0.2, 0) is 19.4 Å². The molecule has 4 aromatic rings. The van der Waals surface area contributed by atoms with Gasteiger partial charge in [0.05, 0.1) is 35.4 Å². The second-order valence-electron chi connectivity index (χ2n) is 8.77. The number of H-pyrrole nitrogens is 1. The number of ether oxygens (including phenoxy) is 1. The molecule has 0 bridgehead atoms. The number of aliphatic hydroxyl groups excluding tert-OH is 1. The molecule has 35 heavy (non-hydrogen) atoms. The zero-order chi connectivity index (χ0) is 24.3. The van der Waals surface area contributed by atoms with Crippen LogP contribution in [0.25, 0.3) is 27.8 Å². The van der Waals surface area contributed by atoms with Gasteiger partial charge in [0.15, 0.2) is 0 Å². The highest BCUT2D eigenvalue weighted by atomic mass is 19.1. The lowest BCUT2D eigenvalue weighted by Gasteiger charge is -2.20. The molecule has 0 atom stereocenters. The zero-order valence-corrected chi connectivity index (χ0v) is 18.7. The topological polar surface area (TPSA) is 79.6 Å². The molecule has 2 aromatic heterocycles. The molecular weight excluding hydrogens is 452 g/mol. The average Bonchev–Trinajstić information content (AvgIpc) is 3.42. The molecule has 176 valence electrons. The fourth-order valence-corrected chi connectivity index (χ4v) is 5.12. The first kappa shape index (κ1) is 21.3. The molecular formula is C27H21F2N3O3. The minimum atomic E-state index is -0.465. The van der Waals surface area contributed by atoms with E-state index < -0.39 is 11.6 Å². The normalized spacial score (nSPS) is 14.1.